The van der Waals surface area contributed by atoms with E-state index in [4.69, 9.17) is 0 Å². The van der Waals surface area contributed by atoms with Crippen molar-refractivity contribution < 1.29 is 14.5 Å². The van der Waals surface area contributed by atoms with Gasteiger partial charge in [-0.15, -0.1) is 0 Å². The number of amides is 3. The number of nitro benzene ring substituents is 1. The maximum absolute atomic E-state index is 12.4. The molecule has 8 nitrogen and oxygen atoms in total. The molecule has 0 aliphatic heterocycles. The van der Waals surface area contributed by atoms with Gasteiger partial charge in [-0.05, 0) is 50.1 Å². The summed E-state index contributed by atoms with van der Waals surface area (Å²) >= 11 is 0. The van der Waals surface area contributed by atoms with Crippen LogP contribution in [0.2, 0.25) is 0 Å². The Balaban J connectivity index is 1.65. The molecule has 1 saturated carbocycles. The number of nitrogens with zero attached hydrogens (tertiary/aromatic N) is 1. The zero-order valence-electron chi connectivity index (χ0n) is 14.1. The van der Waals surface area contributed by atoms with Gasteiger partial charge < -0.3 is 16.0 Å². The topological polar surface area (TPSA) is 113 Å². The average molecular weight is 354 g/mol. The number of anilines is 2. The summed E-state index contributed by atoms with van der Waals surface area (Å²) in [5.41, 5.74) is 1.58. The third kappa shape index (κ3) is 4.15. The number of carbonyl (C=O) groups is 2. The van der Waals surface area contributed by atoms with Crippen molar-refractivity contribution in [1.82, 2.24) is 5.32 Å². The largest absolute Gasteiger partial charge is 0.335 e. The molecule has 0 spiro atoms. The Bertz CT molecular complexity index is 860. The molecule has 8 heteroatoms. The van der Waals surface area contributed by atoms with Crippen LogP contribution in [-0.4, -0.2) is 22.9 Å². The summed E-state index contributed by atoms with van der Waals surface area (Å²) in [6, 6.07) is 11.0. The molecule has 0 heterocycles. The van der Waals surface area contributed by atoms with Crippen LogP contribution in [0.15, 0.2) is 42.5 Å². The highest BCUT2D eigenvalue weighted by Gasteiger charge is 2.23. The third-order valence-electron chi connectivity index (χ3n) is 4.06. The number of urea groups is 1. The van der Waals surface area contributed by atoms with Crippen LogP contribution >= 0.6 is 0 Å². The van der Waals surface area contributed by atoms with E-state index in [1.165, 1.54) is 18.2 Å². The fraction of sp³-hybridized carbons (Fsp3) is 0.222. The van der Waals surface area contributed by atoms with Crippen LogP contribution < -0.4 is 16.0 Å². The van der Waals surface area contributed by atoms with Gasteiger partial charge in [0.2, 0.25) is 0 Å². The van der Waals surface area contributed by atoms with E-state index in [1.807, 2.05) is 0 Å². The molecule has 0 saturated heterocycles. The first-order chi connectivity index (χ1) is 12.4. The summed E-state index contributed by atoms with van der Waals surface area (Å²) in [6.45, 7) is 1.54. The second-order valence-electron chi connectivity index (χ2n) is 6.11. The zero-order chi connectivity index (χ0) is 18.7. The van der Waals surface area contributed by atoms with E-state index in [9.17, 15) is 19.7 Å². The van der Waals surface area contributed by atoms with Crippen LogP contribution in [0.3, 0.4) is 0 Å². The fourth-order valence-corrected chi connectivity index (χ4v) is 2.48. The molecule has 2 aromatic rings. The van der Waals surface area contributed by atoms with Crippen LogP contribution in [-0.2, 0) is 0 Å². The van der Waals surface area contributed by atoms with Crippen LogP contribution in [0.1, 0.15) is 28.8 Å². The van der Waals surface area contributed by atoms with Crippen LogP contribution in [0.25, 0.3) is 0 Å². The minimum atomic E-state index is -0.515. The van der Waals surface area contributed by atoms with Crippen molar-refractivity contribution >= 4 is 29.0 Å². The van der Waals surface area contributed by atoms with E-state index >= 15 is 0 Å². The van der Waals surface area contributed by atoms with Crippen LogP contribution in [0.5, 0.6) is 0 Å². The minimum absolute atomic E-state index is 0.0983. The molecule has 0 aromatic heterocycles. The molecule has 26 heavy (non-hydrogen) atoms. The van der Waals surface area contributed by atoms with E-state index in [1.54, 1.807) is 31.2 Å². The Hall–Kier alpha value is -3.42. The van der Waals surface area contributed by atoms with Gasteiger partial charge in [0.25, 0.3) is 11.6 Å². The SMILES string of the molecule is Cc1c(C(=O)Nc2ccc(NC(=O)NC3CC3)cc2)cccc1[N+](=O)[O-]. The number of hydrogen-bond acceptors (Lipinski definition) is 4. The lowest BCUT2D eigenvalue weighted by atomic mass is 10.1. The molecule has 0 atom stereocenters. The molecule has 134 valence electrons. The second-order valence-corrected chi connectivity index (χ2v) is 6.11. The predicted octanol–water partition coefficient (Wildman–Crippen LogP) is 3.44. The normalized spacial score (nSPS) is 13.0. The summed E-state index contributed by atoms with van der Waals surface area (Å²) in [7, 11) is 0. The highest BCUT2D eigenvalue weighted by molar-refractivity contribution is 6.06. The van der Waals surface area contributed by atoms with Crippen LogP contribution in [0.4, 0.5) is 21.9 Å². The molecule has 2 aromatic carbocycles. The van der Waals surface area contributed by atoms with Gasteiger partial charge in [-0.25, -0.2) is 4.79 Å². The highest BCUT2D eigenvalue weighted by atomic mass is 16.6. The maximum atomic E-state index is 12.4. The quantitative estimate of drug-likeness (QED) is 0.564. The Morgan fingerprint density at radius 1 is 1.04 bits per heavy atom. The number of benzene rings is 2. The first-order valence-corrected chi connectivity index (χ1v) is 8.17. The highest BCUT2D eigenvalue weighted by Crippen LogP contribution is 2.23. The number of rotatable bonds is 5. The van der Waals surface area contributed by atoms with Gasteiger partial charge in [0.05, 0.1) is 4.92 Å². The molecular formula is C18H18N4O4. The Morgan fingerprint density at radius 2 is 1.65 bits per heavy atom. The van der Waals surface area contributed by atoms with Gasteiger partial charge in [0, 0.05) is 34.6 Å². The summed E-state index contributed by atoms with van der Waals surface area (Å²) in [6.07, 6.45) is 2.02. The molecule has 3 rings (SSSR count). The molecule has 1 fully saturated rings. The molecule has 0 radical (unpaired) electrons. The lowest BCUT2D eigenvalue weighted by Crippen LogP contribution is -2.30. The average Bonchev–Trinajstić information content (AvgIpc) is 3.40. The molecule has 1 aliphatic rings. The summed E-state index contributed by atoms with van der Waals surface area (Å²) in [4.78, 5) is 34.5. The van der Waals surface area contributed by atoms with Gasteiger partial charge in [-0.1, -0.05) is 6.07 Å². The number of nitro groups is 1. The van der Waals surface area contributed by atoms with Crippen molar-refractivity contribution in [3.8, 4) is 0 Å². The monoisotopic (exact) mass is 354 g/mol. The predicted molar refractivity (Wildman–Crippen MR) is 97.4 cm³/mol. The van der Waals surface area contributed by atoms with Crippen molar-refractivity contribution in [2.45, 2.75) is 25.8 Å². The number of nitrogens with one attached hydrogen (secondary N) is 3. The van der Waals surface area contributed by atoms with Crippen molar-refractivity contribution in [2.75, 3.05) is 10.6 Å². The van der Waals surface area contributed by atoms with Crippen molar-refractivity contribution in [2.24, 2.45) is 0 Å². The molecular weight excluding hydrogens is 336 g/mol. The molecule has 0 unspecified atom stereocenters. The summed E-state index contributed by atoms with van der Waals surface area (Å²) in [5, 5.41) is 19.2. The van der Waals surface area contributed by atoms with Crippen molar-refractivity contribution in [1.29, 1.82) is 0 Å². The van der Waals surface area contributed by atoms with Gasteiger partial charge in [-0.3, -0.25) is 14.9 Å². The van der Waals surface area contributed by atoms with Gasteiger partial charge in [0.1, 0.15) is 0 Å². The summed E-state index contributed by atoms with van der Waals surface area (Å²) in [5.74, 6) is -0.432. The Labute approximate surface area is 149 Å². The van der Waals surface area contributed by atoms with Crippen LogP contribution in [0, 0.1) is 17.0 Å². The van der Waals surface area contributed by atoms with E-state index in [0.717, 1.165) is 12.8 Å². The Kier molecular flexibility index (Phi) is 4.83. The first-order valence-electron chi connectivity index (χ1n) is 8.17. The van der Waals surface area contributed by atoms with E-state index in [-0.39, 0.29) is 23.3 Å². The second kappa shape index (κ2) is 7.22. The third-order valence-corrected chi connectivity index (χ3v) is 4.06. The lowest BCUT2D eigenvalue weighted by Gasteiger charge is -2.10. The van der Waals surface area contributed by atoms with E-state index in [0.29, 0.717) is 16.9 Å². The van der Waals surface area contributed by atoms with E-state index < -0.39 is 10.8 Å². The molecule has 0 bridgehead atoms. The van der Waals surface area contributed by atoms with Crippen molar-refractivity contribution in [3.05, 3.63) is 63.7 Å². The number of hydrogen-bond donors (Lipinski definition) is 3. The molecule has 3 amide bonds. The first kappa shape index (κ1) is 17.4. The standard InChI is InChI=1S/C18H18N4O4/c1-11-15(3-2-4-16(11)22(25)26)17(23)19-12-5-7-13(8-6-12)20-18(24)21-14-9-10-14/h2-8,14H,9-10H2,1H3,(H,19,23)(H2,20,21,24). The smallest absolute Gasteiger partial charge is 0.319 e. The van der Waals surface area contributed by atoms with Gasteiger partial charge >= 0.3 is 6.03 Å². The Morgan fingerprint density at radius 3 is 2.23 bits per heavy atom. The number of carbonyl (C=O) groups excluding carboxylic acids is 2. The molecule has 1 aliphatic carbocycles. The minimum Gasteiger partial charge on any atom is -0.335 e. The van der Waals surface area contributed by atoms with Crippen molar-refractivity contribution in [3.63, 3.8) is 0 Å². The zero-order valence-corrected chi connectivity index (χ0v) is 14.1. The maximum Gasteiger partial charge on any atom is 0.319 e. The van der Waals surface area contributed by atoms with Gasteiger partial charge in [-0.2, -0.15) is 0 Å². The lowest BCUT2D eigenvalue weighted by molar-refractivity contribution is -0.385. The fourth-order valence-electron chi connectivity index (χ4n) is 2.48. The summed E-state index contributed by atoms with van der Waals surface area (Å²) < 4.78 is 0. The van der Waals surface area contributed by atoms with Gasteiger partial charge in [0.15, 0.2) is 0 Å². The molecule has 3 N–H and O–H groups in total. The van der Waals surface area contributed by atoms with E-state index in [2.05, 4.69) is 16.0 Å².